The van der Waals surface area contributed by atoms with Crippen molar-refractivity contribution in [1.29, 1.82) is 0 Å². The number of hydrogen-bond donors (Lipinski definition) is 0. The summed E-state index contributed by atoms with van der Waals surface area (Å²) in [5, 5.41) is 0. The molecule has 2 amide bonds. The Balaban J connectivity index is 1.61. The van der Waals surface area contributed by atoms with Crippen LogP contribution < -0.4 is 0 Å². The SMILES string of the molecule is O=C1CCCCN1CC(=O)N1CC[C@H]1c1ccccc1. The molecule has 106 valence electrons. The maximum atomic E-state index is 12.4. The first-order valence-corrected chi connectivity index (χ1v) is 7.38. The number of rotatable bonds is 3. The molecule has 20 heavy (non-hydrogen) atoms. The quantitative estimate of drug-likeness (QED) is 0.844. The summed E-state index contributed by atoms with van der Waals surface area (Å²) in [6.45, 7) is 1.79. The van der Waals surface area contributed by atoms with Gasteiger partial charge in [-0.15, -0.1) is 0 Å². The van der Waals surface area contributed by atoms with Crippen molar-refractivity contribution >= 4 is 11.8 Å². The number of benzene rings is 1. The first-order valence-electron chi connectivity index (χ1n) is 7.38. The number of hydrogen-bond acceptors (Lipinski definition) is 2. The lowest BCUT2D eigenvalue weighted by atomic mass is 9.94. The fraction of sp³-hybridized carbons (Fsp3) is 0.500. The Morgan fingerprint density at radius 3 is 2.60 bits per heavy atom. The van der Waals surface area contributed by atoms with E-state index < -0.39 is 0 Å². The summed E-state index contributed by atoms with van der Waals surface area (Å²) in [7, 11) is 0. The summed E-state index contributed by atoms with van der Waals surface area (Å²) in [6, 6.07) is 10.3. The Kier molecular flexibility index (Phi) is 3.72. The maximum absolute atomic E-state index is 12.4. The average Bonchev–Trinajstić information content (AvgIpc) is 2.41. The van der Waals surface area contributed by atoms with Crippen LogP contribution in [-0.4, -0.2) is 41.2 Å². The molecular formula is C16H20N2O2. The van der Waals surface area contributed by atoms with Gasteiger partial charge in [-0.05, 0) is 24.8 Å². The van der Waals surface area contributed by atoms with Crippen LogP contribution in [-0.2, 0) is 9.59 Å². The smallest absolute Gasteiger partial charge is 0.242 e. The van der Waals surface area contributed by atoms with Crippen molar-refractivity contribution in [2.24, 2.45) is 0 Å². The van der Waals surface area contributed by atoms with Gasteiger partial charge in [-0.1, -0.05) is 30.3 Å². The standard InChI is InChI=1S/C16H20N2O2/c19-15-8-4-5-10-17(15)12-16(20)18-11-9-14(18)13-6-2-1-3-7-13/h1-3,6-7,14H,4-5,8-12H2/t14-/m0/s1. The molecule has 0 aliphatic carbocycles. The normalized spacial score (nSPS) is 22.6. The summed E-state index contributed by atoms with van der Waals surface area (Å²) >= 11 is 0. The van der Waals surface area contributed by atoms with Crippen LogP contribution in [0.1, 0.15) is 37.3 Å². The van der Waals surface area contributed by atoms with Gasteiger partial charge in [0.05, 0.1) is 12.6 Å². The second-order valence-corrected chi connectivity index (χ2v) is 5.57. The number of amides is 2. The lowest BCUT2D eigenvalue weighted by Gasteiger charge is -2.42. The molecule has 4 heteroatoms. The minimum Gasteiger partial charge on any atom is -0.334 e. The minimum absolute atomic E-state index is 0.0837. The third-order valence-corrected chi connectivity index (χ3v) is 4.27. The van der Waals surface area contributed by atoms with Gasteiger partial charge in [-0.2, -0.15) is 0 Å². The van der Waals surface area contributed by atoms with Gasteiger partial charge >= 0.3 is 0 Å². The average molecular weight is 272 g/mol. The molecule has 4 nitrogen and oxygen atoms in total. The maximum Gasteiger partial charge on any atom is 0.242 e. The third-order valence-electron chi connectivity index (χ3n) is 4.27. The van der Waals surface area contributed by atoms with E-state index in [2.05, 4.69) is 12.1 Å². The van der Waals surface area contributed by atoms with Crippen molar-refractivity contribution in [3.05, 3.63) is 35.9 Å². The van der Waals surface area contributed by atoms with Crippen molar-refractivity contribution in [2.75, 3.05) is 19.6 Å². The Morgan fingerprint density at radius 1 is 1.15 bits per heavy atom. The zero-order valence-corrected chi connectivity index (χ0v) is 11.6. The highest BCUT2D eigenvalue weighted by molar-refractivity contribution is 5.85. The highest BCUT2D eigenvalue weighted by Gasteiger charge is 2.34. The number of carbonyl (C=O) groups is 2. The second kappa shape index (κ2) is 5.65. The molecule has 0 saturated carbocycles. The van der Waals surface area contributed by atoms with Gasteiger partial charge in [-0.3, -0.25) is 9.59 Å². The van der Waals surface area contributed by atoms with E-state index in [0.717, 1.165) is 32.4 Å². The van der Waals surface area contributed by atoms with Crippen LogP contribution in [0.5, 0.6) is 0 Å². The first-order chi connectivity index (χ1) is 9.75. The van der Waals surface area contributed by atoms with E-state index >= 15 is 0 Å². The molecule has 2 aliphatic rings. The second-order valence-electron chi connectivity index (χ2n) is 5.57. The molecule has 0 N–H and O–H groups in total. The van der Waals surface area contributed by atoms with Crippen molar-refractivity contribution in [1.82, 2.24) is 9.80 Å². The fourth-order valence-electron chi connectivity index (χ4n) is 2.99. The largest absolute Gasteiger partial charge is 0.334 e. The van der Waals surface area contributed by atoms with Crippen LogP contribution in [0.15, 0.2) is 30.3 Å². The Morgan fingerprint density at radius 2 is 1.95 bits per heavy atom. The summed E-state index contributed by atoms with van der Waals surface area (Å²) < 4.78 is 0. The van der Waals surface area contributed by atoms with Crippen LogP contribution in [0.2, 0.25) is 0 Å². The van der Waals surface area contributed by atoms with Crippen molar-refractivity contribution in [3.63, 3.8) is 0 Å². The number of carbonyl (C=O) groups excluding carboxylic acids is 2. The van der Waals surface area contributed by atoms with E-state index in [4.69, 9.17) is 0 Å². The highest BCUT2D eigenvalue weighted by Crippen LogP contribution is 2.33. The molecule has 1 aromatic rings. The molecule has 2 saturated heterocycles. The van der Waals surface area contributed by atoms with Crippen molar-refractivity contribution < 1.29 is 9.59 Å². The lowest BCUT2D eigenvalue weighted by molar-refractivity contribution is -0.146. The predicted molar refractivity (Wildman–Crippen MR) is 75.9 cm³/mol. The summed E-state index contributed by atoms with van der Waals surface area (Å²) in [6.07, 6.45) is 3.58. The summed E-state index contributed by atoms with van der Waals surface area (Å²) in [5.41, 5.74) is 1.19. The molecule has 0 spiro atoms. The van der Waals surface area contributed by atoms with E-state index in [9.17, 15) is 9.59 Å². The van der Waals surface area contributed by atoms with Crippen LogP contribution in [0.25, 0.3) is 0 Å². The molecule has 3 rings (SSSR count). The van der Waals surface area contributed by atoms with Crippen LogP contribution in [0, 0.1) is 0 Å². The van der Waals surface area contributed by atoms with Crippen LogP contribution in [0.4, 0.5) is 0 Å². The van der Waals surface area contributed by atoms with E-state index in [0.29, 0.717) is 6.42 Å². The molecule has 2 heterocycles. The Labute approximate surface area is 119 Å². The summed E-state index contributed by atoms with van der Waals surface area (Å²) in [4.78, 5) is 27.7. The van der Waals surface area contributed by atoms with Crippen molar-refractivity contribution in [2.45, 2.75) is 31.7 Å². The van der Waals surface area contributed by atoms with Gasteiger partial charge in [0, 0.05) is 19.5 Å². The number of nitrogens with zero attached hydrogens (tertiary/aromatic N) is 2. The first kappa shape index (κ1) is 13.2. The van der Waals surface area contributed by atoms with Gasteiger partial charge in [0.1, 0.15) is 0 Å². The van der Waals surface area contributed by atoms with E-state index in [1.807, 2.05) is 23.1 Å². The Hall–Kier alpha value is -1.84. The fourth-order valence-corrected chi connectivity index (χ4v) is 2.99. The van der Waals surface area contributed by atoms with Gasteiger partial charge in [-0.25, -0.2) is 0 Å². The van der Waals surface area contributed by atoms with Gasteiger partial charge in [0.25, 0.3) is 0 Å². The third kappa shape index (κ3) is 2.55. The molecule has 2 fully saturated rings. The summed E-state index contributed by atoms with van der Waals surface area (Å²) in [5.74, 6) is 0.210. The molecule has 0 unspecified atom stereocenters. The van der Waals surface area contributed by atoms with Crippen molar-refractivity contribution in [3.8, 4) is 0 Å². The van der Waals surface area contributed by atoms with Crippen LogP contribution in [0.3, 0.4) is 0 Å². The minimum atomic E-state index is 0.0837. The molecule has 0 radical (unpaired) electrons. The predicted octanol–water partition coefficient (Wildman–Crippen LogP) is 1.97. The topological polar surface area (TPSA) is 40.6 Å². The molecule has 0 aromatic heterocycles. The van der Waals surface area contributed by atoms with Crippen LogP contribution >= 0.6 is 0 Å². The van der Waals surface area contributed by atoms with Gasteiger partial charge < -0.3 is 9.80 Å². The highest BCUT2D eigenvalue weighted by atomic mass is 16.2. The van der Waals surface area contributed by atoms with E-state index in [1.54, 1.807) is 4.90 Å². The molecular weight excluding hydrogens is 252 g/mol. The number of piperidine rings is 1. The molecule has 1 atom stereocenters. The Bertz CT molecular complexity index is 500. The molecule has 0 bridgehead atoms. The number of likely N-dealkylation sites (tertiary alicyclic amines) is 2. The van der Waals surface area contributed by atoms with E-state index in [-0.39, 0.29) is 24.4 Å². The van der Waals surface area contributed by atoms with E-state index in [1.165, 1.54) is 5.56 Å². The molecule has 1 aromatic carbocycles. The molecule has 2 aliphatic heterocycles. The lowest BCUT2D eigenvalue weighted by Crippen LogP contribution is -2.50. The zero-order chi connectivity index (χ0) is 13.9. The monoisotopic (exact) mass is 272 g/mol. The van der Waals surface area contributed by atoms with Gasteiger partial charge in [0.2, 0.25) is 11.8 Å². The zero-order valence-electron chi connectivity index (χ0n) is 11.6. The van der Waals surface area contributed by atoms with Gasteiger partial charge in [0.15, 0.2) is 0 Å².